The second-order valence-electron chi connectivity index (χ2n) is 4.60. The second kappa shape index (κ2) is 5.45. The minimum absolute atomic E-state index is 0.106. The van der Waals surface area contributed by atoms with Gasteiger partial charge in [0.1, 0.15) is 5.75 Å². The first-order valence-corrected chi connectivity index (χ1v) is 6.16. The molecule has 0 heterocycles. The minimum atomic E-state index is 0.106. The van der Waals surface area contributed by atoms with Gasteiger partial charge in [0, 0.05) is 17.8 Å². The molecule has 0 amide bonds. The Balaban J connectivity index is 2.13. The van der Waals surface area contributed by atoms with Crippen molar-refractivity contribution in [2.24, 2.45) is 0 Å². The number of rotatable bonds is 3. The molecule has 0 saturated heterocycles. The molecule has 1 unspecified atom stereocenters. The third-order valence-corrected chi connectivity index (χ3v) is 3.13. The van der Waals surface area contributed by atoms with Gasteiger partial charge < -0.3 is 10.4 Å². The van der Waals surface area contributed by atoms with Crippen molar-refractivity contribution in [2.45, 2.75) is 19.9 Å². The number of benzene rings is 2. The zero-order chi connectivity index (χ0) is 13.8. The molecule has 2 aromatic rings. The number of nitrogens with one attached hydrogen (secondary N) is 1. The highest BCUT2D eigenvalue weighted by Crippen LogP contribution is 2.24. The topological polar surface area (TPSA) is 56.0 Å². The molecular weight excluding hydrogens is 236 g/mol. The SMILES string of the molecule is Cc1ccc(NC(C)c2ccc(C#N)cc2)cc1O. The van der Waals surface area contributed by atoms with E-state index < -0.39 is 0 Å². The number of hydrogen-bond acceptors (Lipinski definition) is 3. The maximum absolute atomic E-state index is 9.68. The molecular formula is C16H16N2O. The fourth-order valence-corrected chi connectivity index (χ4v) is 1.88. The van der Waals surface area contributed by atoms with Crippen LogP contribution >= 0.6 is 0 Å². The first-order valence-electron chi connectivity index (χ1n) is 6.16. The van der Waals surface area contributed by atoms with Gasteiger partial charge in [0.2, 0.25) is 0 Å². The van der Waals surface area contributed by atoms with Gasteiger partial charge >= 0.3 is 0 Å². The number of phenols is 1. The lowest BCUT2D eigenvalue weighted by atomic mass is 10.1. The van der Waals surface area contributed by atoms with Gasteiger partial charge in [0.25, 0.3) is 0 Å². The second-order valence-corrected chi connectivity index (χ2v) is 4.60. The molecule has 0 saturated carbocycles. The summed E-state index contributed by atoms with van der Waals surface area (Å²) in [6.45, 7) is 3.90. The van der Waals surface area contributed by atoms with Crippen LogP contribution in [0.25, 0.3) is 0 Å². The van der Waals surface area contributed by atoms with Gasteiger partial charge in [-0.15, -0.1) is 0 Å². The third-order valence-electron chi connectivity index (χ3n) is 3.13. The van der Waals surface area contributed by atoms with E-state index >= 15 is 0 Å². The average Bonchev–Trinajstić information content (AvgIpc) is 2.43. The molecule has 0 fully saturated rings. The summed E-state index contributed by atoms with van der Waals surface area (Å²) in [6, 6.07) is 15.2. The van der Waals surface area contributed by atoms with E-state index in [1.807, 2.05) is 38.1 Å². The summed E-state index contributed by atoms with van der Waals surface area (Å²) in [5.74, 6) is 0.289. The van der Waals surface area contributed by atoms with Crippen molar-refractivity contribution in [1.29, 1.82) is 5.26 Å². The van der Waals surface area contributed by atoms with Gasteiger partial charge in [-0.05, 0) is 43.2 Å². The van der Waals surface area contributed by atoms with Crippen LogP contribution in [-0.2, 0) is 0 Å². The molecule has 2 aromatic carbocycles. The largest absolute Gasteiger partial charge is 0.508 e. The fraction of sp³-hybridized carbons (Fsp3) is 0.188. The summed E-state index contributed by atoms with van der Waals surface area (Å²) in [7, 11) is 0. The number of nitrogens with zero attached hydrogens (tertiary/aromatic N) is 1. The van der Waals surface area contributed by atoms with Crippen LogP contribution in [0.15, 0.2) is 42.5 Å². The van der Waals surface area contributed by atoms with Crippen LogP contribution in [-0.4, -0.2) is 5.11 Å². The minimum Gasteiger partial charge on any atom is -0.508 e. The Morgan fingerprint density at radius 1 is 1.16 bits per heavy atom. The number of aromatic hydroxyl groups is 1. The average molecular weight is 252 g/mol. The molecule has 2 N–H and O–H groups in total. The molecule has 0 radical (unpaired) electrons. The molecule has 0 aliphatic heterocycles. The van der Waals surface area contributed by atoms with E-state index in [0.29, 0.717) is 5.56 Å². The number of phenolic OH excluding ortho intramolecular Hbond substituents is 1. The zero-order valence-electron chi connectivity index (χ0n) is 11.0. The molecule has 0 spiro atoms. The van der Waals surface area contributed by atoms with Gasteiger partial charge in [0.05, 0.1) is 11.6 Å². The van der Waals surface area contributed by atoms with Crippen molar-refractivity contribution in [2.75, 3.05) is 5.32 Å². The van der Waals surface area contributed by atoms with Crippen molar-refractivity contribution >= 4 is 5.69 Å². The van der Waals surface area contributed by atoms with Crippen LogP contribution in [0, 0.1) is 18.3 Å². The first-order chi connectivity index (χ1) is 9.10. The van der Waals surface area contributed by atoms with Gasteiger partial charge in [0.15, 0.2) is 0 Å². The van der Waals surface area contributed by atoms with Crippen LogP contribution in [0.4, 0.5) is 5.69 Å². The van der Waals surface area contributed by atoms with Gasteiger partial charge in [-0.25, -0.2) is 0 Å². The summed E-state index contributed by atoms with van der Waals surface area (Å²) in [6.07, 6.45) is 0. The summed E-state index contributed by atoms with van der Waals surface area (Å²) in [5, 5.41) is 21.8. The normalized spacial score (nSPS) is 11.6. The van der Waals surface area contributed by atoms with E-state index in [4.69, 9.17) is 5.26 Å². The molecule has 96 valence electrons. The van der Waals surface area contributed by atoms with Crippen molar-refractivity contribution in [3.63, 3.8) is 0 Å². The number of anilines is 1. The summed E-state index contributed by atoms with van der Waals surface area (Å²) >= 11 is 0. The Kier molecular flexibility index (Phi) is 3.72. The lowest BCUT2D eigenvalue weighted by Gasteiger charge is -2.16. The zero-order valence-corrected chi connectivity index (χ0v) is 11.0. The van der Waals surface area contributed by atoms with Crippen molar-refractivity contribution < 1.29 is 5.11 Å². The lowest BCUT2D eigenvalue weighted by Crippen LogP contribution is -2.06. The summed E-state index contributed by atoms with van der Waals surface area (Å²) in [5.41, 5.74) is 3.49. The van der Waals surface area contributed by atoms with E-state index in [1.165, 1.54) is 0 Å². The lowest BCUT2D eigenvalue weighted by molar-refractivity contribution is 0.471. The highest BCUT2D eigenvalue weighted by atomic mass is 16.3. The Hall–Kier alpha value is -2.47. The predicted molar refractivity (Wildman–Crippen MR) is 76.0 cm³/mol. The van der Waals surface area contributed by atoms with Crippen molar-refractivity contribution in [1.82, 2.24) is 0 Å². The van der Waals surface area contributed by atoms with Crippen molar-refractivity contribution in [3.8, 4) is 11.8 Å². The van der Waals surface area contributed by atoms with Crippen LogP contribution in [0.1, 0.15) is 29.7 Å². The highest BCUT2D eigenvalue weighted by molar-refractivity contribution is 5.52. The molecule has 0 aliphatic rings. The van der Waals surface area contributed by atoms with Crippen LogP contribution in [0.5, 0.6) is 5.75 Å². The quantitative estimate of drug-likeness (QED) is 0.874. The predicted octanol–water partition coefficient (Wildman–Crippen LogP) is 3.75. The third kappa shape index (κ3) is 3.05. The smallest absolute Gasteiger partial charge is 0.120 e. The molecule has 3 nitrogen and oxygen atoms in total. The molecule has 1 atom stereocenters. The molecule has 0 bridgehead atoms. The first kappa shape index (κ1) is 13.0. The molecule has 0 aromatic heterocycles. The fourth-order valence-electron chi connectivity index (χ4n) is 1.88. The van der Waals surface area contributed by atoms with Gasteiger partial charge in [-0.1, -0.05) is 18.2 Å². The molecule has 2 rings (SSSR count). The number of aryl methyl sites for hydroxylation is 1. The Morgan fingerprint density at radius 2 is 1.84 bits per heavy atom. The van der Waals surface area contributed by atoms with E-state index in [0.717, 1.165) is 16.8 Å². The molecule has 3 heteroatoms. The number of nitriles is 1. The van der Waals surface area contributed by atoms with E-state index in [-0.39, 0.29) is 11.8 Å². The Labute approximate surface area is 113 Å². The Morgan fingerprint density at radius 3 is 2.42 bits per heavy atom. The Bertz CT molecular complexity index is 612. The molecule has 0 aliphatic carbocycles. The van der Waals surface area contributed by atoms with E-state index in [2.05, 4.69) is 11.4 Å². The summed E-state index contributed by atoms with van der Waals surface area (Å²) < 4.78 is 0. The highest BCUT2D eigenvalue weighted by Gasteiger charge is 2.06. The summed E-state index contributed by atoms with van der Waals surface area (Å²) in [4.78, 5) is 0. The van der Waals surface area contributed by atoms with Crippen LogP contribution in [0.3, 0.4) is 0 Å². The standard InChI is InChI=1S/C16H16N2O/c1-11-3-8-15(9-16(11)19)18-12(2)14-6-4-13(10-17)5-7-14/h3-9,12,18-19H,1-2H3. The maximum Gasteiger partial charge on any atom is 0.120 e. The van der Waals surface area contributed by atoms with E-state index in [9.17, 15) is 5.11 Å². The monoisotopic (exact) mass is 252 g/mol. The van der Waals surface area contributed by atoms with Crippen LogP contribution < -0.4 is 5.32 Å². The van der Waals surface area contributed by atoms with Gasteiger partial charge in [-0.3, -0.25) is 0 Å². The molecule has 19 heavy (non-hydrogen) atoms. The van der Waals surface area contributed by atoms with E-state index in [1.54, 1.807) is 18.2 Å². The van der Waals surface area contributed by atoms with Crippen molar-refractivity contribution in [3.05, 3.63) is 59.2 Å². The number of hydrogen-bond donors (Lipinski definition) is 2. The van der Waals surface area contributed by atoms with Crippen LogP contribution in [0.2, 0.25) is 0 Å². The van der Waals surface area contributed by atoms with Gasteiger partial charge in [-0.2, -0.15) is 5.26 Å². The maximum atomic E-state index is 9.68.